The minimum atomic E-state index is -0.413. The van der Waals surface area contributed by atoms with Crippen LogP contribution in [0.4, 0.5) is 0 Å². The van der Waals surface area contributed by atoms with Crippen LogP contribution in [0.2, 0.25) is 0 Å². The maximum absolute atomic E-state index is 12.3. The van der Waals surface area contributed by atoms with Crippen LogP contribution in [0.15, 0.2) is 0 Å². The Morgan fingerprint density at radius 2 is 1.66 bits per heavy atom. The lowest BCUT2D eigenvalue weighted by Gasteiger charge is -2.62. The van der Waals surface area contributed by atoms with Crippen molar-refractivity contribution in [3.8, 4) is 0 Å². The van der Waals surface area contributed by atoms with Gasteiger partial charge in [-0.1, -0.05) is 20.8 Å². The SMILES string of the molecule is C[C@H](CCC(=O)OC(C)(C)C)[C@H]1CC[C@H]2[C@@H]3[C@@H](O)C[C@@H]4C[C@H](O)CC[C@]4(C)[C@H]3CC[C@]12C. The van der Waals surface area contributed by atoms with Gasteiger partial charge in [-0.05, 0) is 125 Å². The van der Waals surface area contributed by atoms with Crippen LogP contribution in [0.1, 0.15) is 106 Å². The maximum atomic E-state index is 12.3. The average molecular weight is 449 g/mol. The van der Waals surface area contributed by atoms with Crippen molar-refractivity contribution >= 4 is 5.97 Å². The summed E-state index contributed by atoms with van der Waals surface area (Å²) >= 11 is 0. The van der Waals surface area contributed by atoms with Crippen molar-refractivity contribution in [2.24, 2.45) is 46.3 Å². The van der Waals surface area contributed by atoms with Gasteiger partial charge in [0.05, 0.1) is 12.2 Å². The summed E-state index contributed by atoms with van der Waals surface area (Å²) in [6.45, 7) is 13.1. The molecule has 2 N–H and O–H groups in total. The fourth-order valence-electron chi connectivity index (χ4n) is 9.11. The van der Waals surface area contributed by atoms with E-state index in [-0.39, 0.29) is 29.0 Å². The first-order valence-corrected chi connectivity index (χ1v) is 13.4. The lowest BCUT2D eigenvalue weighted by Crippen LogP contribution is -2.58. The highest BCUT2D eigenvalue weighted by atomic mass is 16.6. The first-order chi connectivity index (χ1) is 14.8. The zero-order valence-corrected chi connectivity index (χ0v) is 21.4. The number of ether oxygens (including phenoxy) is 1. The topological polar surface area (TPSA) is 66.8 Å². The van der Waals surface area contributed by atoms with Crippen molar-refractivity contribution in [2.45, 2.75) is 124 Å². The number of hydrogen-bond donors (Lipinski definition) is 2. The summed E-state index contributed by atoms with van der Waals surface area (Å²) in [6.07, 6.45) is 9.72. The van der Waals surface area contributed by atoms with Crippen molar-refractivity contribution in [3.63, 3.8) is 0 Å². The molecule has 10 atom stereocenters. The normalized spacial score (nSPS) is 47.2. The van der Waals surface area contributed by atoms with Gasteiger partial charge >= 0.3 is 5.97 Å². The second-order valence-corrected chi connectivity index (χ2v) is 13.6. The number of esters is 1. The van der Waals surface area contributed by atoms with E-state index in [0.29, 0.717) is 41.9 Å². The molecule has 184 valence electrons. The number of aliphatic hydroxyl groups excluding tert-OH is 2. The van der Waals surface area contributed by atoms with Gasteiger partial charge in [-0.2, -0.15) is 0 Å². The Labute approximate surface area is 195 Å². The van der Waals surface area contributed by atoms with Gasteiger partial charge in [0.1, 0.15) is 5.60 Å². The molecule has 4 rings (SSSR count). The van der Waals surface area contributed by atoms with Crippen molar-refractivity contribution in [3.05, 3.63) is 0 Å². The van der Waals surface area contributed by atoms with Crippen LogP contribution < -0.4 is 0 Å². The lowest BCUT2D eigenvalue weighted by atomic mass is 9.43. The third-order valence-electron chi connectivity index (χ3n) is 10.6. The van der Waals surface area contributed by atoms with Gasteiger partial charge < -0.3 is 14.9 Å². The van der Waals surface area contributed by atoms with Gasteiger partial charge in [-0.15, -0.1) is 0 Å². The minimum Gasteiger partial charge on any atom is -0.460 e. The summed E-state index contributed by atoms with van der Waals surface area (Å²) in [5.74, 6) is 3.12. The van der Waals surface area contributed by atoms with Crippen molar-refractivity contribution < 1.29 is 19.7 Å². The molecule has 0 amide bonds. The zero-order valence-electron chi connectivity index (χ0n) is 21.4. The van der Waals surface area contributed by atoms with E-state index in [4.69, 9.17) is 4.74 Å². The van der Waals surface area contributed by atoms with Crippen LogP contribution in [0.3, 0.4) is 0 Å². The lowest BCUT2D eigenvalue weighted by molar-refractivity contribution is -0.174. The predicted molar refractivity (Wildman–Crippen MR) is 127 cm³/mol. The number of carbonyl (C=O) groups is 1. The fourth-order valence-corrected chi connectivity index (χ4v) is 9.11. The second-order valence-electron chi connectivity index (χ2n) is 13.6. The quantitative estimate of drug-likeness (QED) is 0.539. The number of carbonyl (C=O) groups excluding carboxylic acids is 1. The third kappa shape index (κ3) is 4.28. The minimum absolute atomic E-state index is 0.0751. The highest BCUT2D eigenvalue weighted by Crippen LogP contribution is 2.68. The van der Waals surface area contributed by atoms with E-state index in [1.54, 1.807) is 0 Å². The smallest absolute Gasteiger partial charge is 0.306 e. The molecule has 0 aliphatic heterocycles. The van der Waals surface area contributed by atoms with Gasteiger partial charge in [0, 0.05) is 6.42 Å². The Morgan fingerprint density at radius 1 is 1.00 bits per heavy atom. The van der Waals surface area contributed by atoms with Crippen LogP contribution in [0.25, 0.3) is 0 Å². The van der Waals surface area contributed by atoms with E-state index in [2.05, 4.69) is 20.8 Å². The van der Waals surface area contributed by atoms with Crippen LogP contribution in [0.5, 0.6) is 0 Å². The van der Waals surface area contributed by atoms with E-state index in [1.165, 1.54) is 25.7 Å². The molecule has 0 aromatic carbocycles. The summed E-state index contributed by atoms with van der Waals surface area (Å²) < 4.78 is 5.55. The molecule has 0 aromatic rings. The predicted octanol–water partition coefficient (Wildman–Crippen LogP) is 5.74. The van der Waals surface area contributed by atoms with E-state index >= 15 is 0 Å². The van der Waals surface area contributed by atoms with Crippen molar-refractivity contribution in [2.75, 3.05) is 0 Å². The molecule has 4 heteroatoms. The standard InChI is InChI=1S/C28H48O4/c1-17(7-10-24(31)32-26(2,3)4)20-8-9-21-25-22(12-14-28(20,21)6)27(5)13-11-19(29)15-18(27)16-23(25)30/h17-23,25,29-30H,7-16H2,1-6H3/t17-,18+,19-,20-,21+,22+,23+,25+,27+,28-/m1/s1. The van der Waals surface area contributed by atoms with Gasteiger partial charge in [0.15, 0.2) is 0 Å². The molecule has 0 spiro atoms. The van der Waals surface area contributed by atoms with Crippen molar-refractivity contribution in [1.29, 1.82) is 0 Å². The molecule has 32 heavy (non-hydrogen) atoms. The second kappa shape index (κ2) is 8.56. The first kappa shape index (κ1) is 24.5. The largest absolute Gasteiger partial charge is 0.460 e. The number of rotatable bonds is 4. The Hall–Kier alpha value is -0.610. The number of hydrogen-bond acceptors (Lipinski definition) is 4. The van der Waals surface area contributed by atoms with E-state index in [0.717, 1.165) is 32.1 Å². The van der Waals surface area contributed by atoms with E-state index in [9.17, 15) is 15.0 Å². The number of fused-ring (bicyclic) bond motifs is 5. The number of aliphatic hydroxyl groups is 2. The van der Waals surface area contributed by atoms with Gasteiger partial charge in [-0.25, -0.2) is 0 Å². The maximum Gasteiger partial charge on any atom is 0.306 e. The van der Waals surface area contributed by atoms with Crippen LogP contribution in [-0.2, 0) is 9.53 Å². The molecule has 0 aromatic heterocycles. The van der Waals surface area contributed by atoms with E-state index in [1.807, 2.05) is 20.8 Å². The summed E-state index contributed by atoms with van der Waals surface area (Å²) in [4.78, 5) is 12.3. The summed E-state index contributed by atoms with van der Waals surface area (Å²) in [7, 11) is 0. The molecule has 4 nitrogen and oxygen atoms in total. The van der Waals surface area contributed by atoms with E-state index < -0.39 is 5.60 Å². The van der Waals surface area contributed by atoms with Crippen molar-refractivity contribution in [1.82, 2.24) is 0 Å². The molecule has 4 aliphatic rings. The molecule has 4 saturated carbocycles. The fraction of sp³-hybridized carbons (Fsp3) is 0.964. The van der Waals surface area contributed by atoms with Crippen LogP contribution in [-0.4, -0.2) is 34.0 Å². The molecule has 0 heterocycles. The summed E-state index contributed by atoms with van der Waals surface area (Å²) in [5, 5.41) is 21.6. The molecule has 4 fully saturated rings. The van der Waals surface area contributed by atoms with Crippen LogP contribution >= 0.6 is 0 Å². The molecule has 4 aliphatic carbocycles. The highest BCUT2D eigenvalue weighted by Gasteiger charge is 2.62. The Morgan fingerprint density at radius 3 is 2.34 bits per heavy atom. The van der Waals surface area contributed by atoms with Gasteiger partial charge in [0.2, 0.25) is 0 Å². The Bertz CT molecular complexity index is 698. The molecule has 0 radical (unpaired) electrons. The molecular weight excluding hydrogens is 400 g/mol. The molecule has 0 bridgehead atoms. The highest BCUT2D eigenvalue weighted by molar-refractivity contribution is 5.69. The monoisotopic (exact) mass is 448 g/mol. The Kier molecular flexibility index (Phi) is 6.55. The molecule has 0 unspecified atom stereocenters. The Balaban J connectivity index is 1.46. The van der Waals surface area contributed by atoms with Gasteiger partial charge in [-0.3, -0.25) is 4.79 Å². The average Bonchev–Trinajstić information content (AvgIpc) is 3.03. The third-order valence-corrected chi connectivity index (χ3v) is 10.6. The van der Waals surface area contributed by atoms with Gasteiger partial charge in [0.25, 0.3) is 0 Å². The molecule has 0 saturated heterocycles. The summed E-state index contributed by atoms with van der Waals surface area (Å²) in [6, 6.07) is 0. The molecular formula is C28H48O4. The summed E-state index contributed by atoms with van der Waals surface area (Å²) in [5.41, 5.74) is 0.140. The van der Waals surface area contributed by atoms with Crippen LogP contribution in [0, 0.1) is 46.3 Å². The zero-order chi connectivity index (χ0) is 23.5. The first-order valence-electron chi connectivity index (χ1n) is 13.4.